The molecule has 2 aromatic rings. The van der Waals surface area contributed by atoms with Crippen molar-refractivity contribution >= 4 is 39.1 Å². The van der Waals surface area contributed by atoms with Crippen LogP contribution in [0, 0.1) is 6.92 Å². The fourth-order valence-electron chi connectivity index (χ4n) is 3.44. The Kier molecular flexibility index (Phi) is 9.09. The molecule has 9 heteroatoms. The van der Waals surface area contributed by atoms with E-state index in [2.05, 4.69) is 5.32 Å². The highest BCUT2D eigenvalue weighted by Crippen LogP contribution is 2.23. The van der Waals surface area contributed by atoms with Crippen molar-refractivity contribution in [1.29, 1.82) is 0 Å². The van der Waals surface area contributed by atoms with Gasteiger partial charge in [0.15, 0.2) is 0 Å². The van der Waals surface area contributed by atoms with Crippen LogP contribution in [0.15, 0.2) is 48.5 Å². The van der Waals surface area contributed by atoms with Crippen molar-refractivity contribution in [2.24, 2.45) is 0 Å². The molecule has 0 heterocycles. The highest BCUT2D eigenvalue weighted by atomic mass is 35.5. The molecule has 0 aliphatic carbocycles. The van der Waals surface area contributed by atoms with Gasteiger partial charge in [-0.3, -0.25) is 13.9 Å². The molecular formula is C23H30ClN3O4S. The van der Waals surface area contributed by atoms with Crippen LogP contribution in [0.25, 0.3) is 0 Å². The fourth-order valence-corrected chi connectivity index (χ4v) is 4.47. The Morgan fingerprint density at radius 2 is 1.69 bits per heavy atom. The van der Waals surface area contributed by atoms with E-state index in [4.69, 9.17) is 11.6 Å². The molecule has 0 saturated carbocycles. The number of carbonyl (C=O) groups is 2. The predicted octanol–water partition coefficient (Wildman–Crippen LogP) is 3.36. The number of para-hydroxylation sites is 1. The van der Waals surface area contributed by atoms with E-state index in [1.807, 2.05) is 6.92 Å². The molecule has 0 spiro atoms. The van der Waals surface area contributed by atoms with Gasteiger partial charge in [0.05, 0.1) is 11.9 Å². The van der Waals surface area contributed by atoms with Gasteiger partial charge in [-0.05, 0) is 49.6 Å². The molecule has 0 bridgehead atoms. The average molecular weight is 480 g/mol. The van der Waals surface area contributed by atoms with Crippen LogP contribution in [0.4, 0.5) is 5.69 Å². The largest absolute Gasteiger partial charge is 0.355 e. The van der Waals surface area contributed by atoms with Gasteiger partial charge in [-0.25, -0.2) is 8.42 Å². The third-order valence-electron chi connectivity index (χ3n) is 5.07. The second-order valence-electron chi connectivity index (χ2n) is 7.52. The zero-order valence-electron chi connectivity index (χ0n) is 18.8. The maximum absolute atomic E-state index is 13.5. The van der Waals surface area contributed by atoms with Gasteiger partial charge >= 0.3 is 0 Å². The SMILES string of the molecule is CCNC(=O)[C@@H](CC)N(Cc1ccc(Cl)cc1)C(=O)CN(c1ccccc1C)S(C)(=O)=O. The number of amides is 2. The molecule has 0 fully saturated rings. The lowest BCUT2D eigenvalue weighted by atomic mass is 10.1. The lowest BCUT2D eigenvalue weighted by Gasteiger charge is -2.33. The second-order valence-corrected chi connectivity index (χ2v) is 9.87. The predicted molar refractivity (Wildman–Crippen MR) is 128 cm³/mol. The Balaban J connectivity index is 2.43. The molecule has 1 atom stereocenters. The molecule has 0 aliphatic rings. The minimum atomic E-state index is -3.74. The van der Waals surface area contributed by atoms with Crippen LogP contribution in [-0.2, 0) is 26.2 Å². The van der Waals surface area contributed by atoms with Crippen molar-refractivity contribution < 1.29 is 18.0 Å². The van der Waals surface area contributed by atoms with Crippen LogP contribution in [0.3, 0.4) is 0 Å². The Morgan fingerprint density at radius 3 is 2.22 bits per heavy atom. The summed E-state index contributed by atoms with van der Waals surface area (Å²) in [5.41, 5.74) is 1.94. The average Bonchev–Trinajstić information content (AvgIpc) is 2.73. The summed E-state index contributed by atoms with van der Waals surface area (Å²) in [5.74, 6) is -0.745. The van der Waals surface area contributed by atoms with Crippen LogP contribution in [-0.4, -0.2) is 50.5 Å². The van der Waals surface area contributed by atoms with E-state index in [1.165, 1.54) is 4.90 Å². The van der Waals surface area contributed by atoms with E-state index >= 15 is 0 Å². The topological polar surface area (TPSA) is 86.8 Å². The molecular weight excluding hydrogens is 450 g/mol. The smallest absolute Gasteiger partial charge is 0.244 e. The van der Waals surface area contributed by atoms with E-state index in [9.17, 15) is 18.0 Å². The number of hydrogen-bond donors (Lipinski definition) is 1. The van der Waals surface area contributed by atoms with Crippen LogP contribution < -0.4 is 9.62 Å². The van der Waals surface area contributed by atoms with Crippen molar-refractivity contribution in [2.45, 2.75) is 39.8 Å². The molecule has 2 rings (SSSR count). The zero-order chi connectivity index (χ0) is 23.9. The molecule has 0 unspecified atom stereocenters. The summed E-state index contributed by atoms with van der Waals surface area (Å²) in [6.07, 6.45) is 1.45. The minimum absolute atomic E-state index is 0.150. The monoisotopic (exact) mass is 479 g/mol. The number of benzene rings is 2. The van der Waals surface area contributed by atoms with E-state index in [-0.39, 0.29) is 12.5 Å². The third-order valence-corrected chi connectivity index (χ3v) is 6.44. The first-order valence-corrected chi connectivity index (χ1v) is 12.7. The van der Waals surface area contributed by atoms with Crippen LogP contribution >= 0.6 is 11.6 Å². The Hall–Kier alpha value is -2.58. The molecule has 0 saturated heterocycles. The highest BCUT2D eigenvalue weighted by molar-refractivity contribution is 7.92. The number of halogens is 1. The molecule has 0 radical (unpaired) electrons. The van der Waals surface area contributed by atoms with E-state index in [1.54, 1.807) is 62.4 Å². The summed E-state index contributed by atoms with van der Waals surface area (Å²) >= 11 is 5.98. The standard InChI is InChI=1S/C23H30ClN3O4S/c1-5-20(23(29)25-6-2)26(15-18-11-13-19(24)14-12-18)22(28)16-27(32(4,30)31)21-10-8-7-9-17(21)3/h7-14,20H,5-6,15-16H2,1-4H3,(H,25,29)/t20-/m1/s1. The summed E-state index contributed by atoms with van der Waals surface area (Å²) in [6.45, 7) is 5.57. The number of carbonyl (C=O) groups excluding carboxylic acids is 2. The number of nitrogens with one attached hydrogen (secondary N) is 1. The molecule has 174 valence electrons. The Bertz CT molecular complexity index is 1040. The number of sulfonamides is 1. The molecule has 2 aromatic carbocycles. The molecule has 1 N–H and O–H groups in total. The Labute approximate surface area is 195 Å². The number of hydrogen-bond acceptors (Lipinski definition) is 4. The van der Waals surface area contributed by atoms with Crippen LogP contribution in [0.5, 0.6) is 0 Å². The van der Waals surface area contributed by atoms with Gasteiger partial charge in [-0.15, -0.1) is 0 Å². The molecule has 7 nitrogen and oxygen atoms in total. The number of likely N-dealkylation sites (N-methyl/N-ethyl adjacent to an activating group) is 1. The summed E-state index contributed by atoms with van der Waals surface area (Å²) in [5, 5.41) is 3.33. The van der Waals surface area contributed by atoms with Crippen molar-refractivity contribution in [1.82, 2.24) is 10.2 Å². The first-order chi connectivity index (χ1) is 15.1. The van der Waals surface area contributed by atoms with Gasteiger partial charge in [0.2, 0.25) is 21.8 Å². The maximum Gasteiger partial charge on any atom is 0.244 e. The Morgan fingerprint density at radius 1 is 1.06 bits per heavy atom. The quantitative estimate of drug-likeness (QED) is 0.566. The van der Waals surface area contributed by atoms with Gasteiger partial charge in [0.1, 0.15) is 12.6 Å². The summed E-state index contributed by atoms with van der Waals surface area (Å²) in [6, 6.07) is 13.2. The summed E-state index contributed by atoms with van der Waals surface area (Å²) < 4.78 is 26.2. The second kappa shape index (κ2) is 11.3. The molecule has 2 amide bonds. The number of rotatable bonds is 10. The molecule has 0 aromatic heterocycles. The minimum Gasteiger partial charge on any atom is -0.355 e. The lowest BCUT2D eigenvalue weighted by Crippen LogP contribution is -2.52. The van der Waals surface area contributed by atoms with Gasteiger partial charge in [0.25, 0.3) is 0 Å². The van der Waals surface area contributed by atoms with Crippen molar-refractivity contribution in [3.63, 3.8) is 0 Å². The van der Waals surface area contributed by atoms with Gasteiger partial charge in [-0.2, -0.15) is 0 Å². The van der Waals surface area contributed by atoms with E-state index < -0.39 is 28.5 Å². The summed E-state index contributed by atoms with van der Waals surface area (Å²) in [7, 11) is -3.74. The number of anilines is 1. The zero-order valence-corrected chi connectivity index (χ0v) is 20.4. The number of aryl methyl sites for hydroxylation is 1. The fraction of sp³-hybridized carbons (Fsp3) is 0.391. The molecule has 32 heavy (non-hydrogen) atoms. The van der Waals surface area contributed by atoms with Gasteiger partial charge < -0.3 is 10.2 Å². The number of nitrogens with zero attached hydrogens (tertiary/aromatic N) is 2. The first-order valence-electron chi connectivity index (χ1n) is 10.4. The lowest BCUT2D eigenvalue weighted by molar-refractivity contribution is -0.140. The normalized spacial score (nSPS) is 12.2. The third kappa shape index (κ3) is 6.71. The molecule has 0 aliphatic heterocycles. The van der Waals surface area contributed by atoms with Crippen LogP contribution in [0.2, 0.25) is 5.02 Å². The van der Waals surface area contributed by atoms with Gasteiger partial charge in [-0.1, -0.05) is 48.9 Å². The van der Waals surface area contributed by atoms with E-state index in [0.29, 0.717) is 23.7 Å². The van der Waals surface area contributed by atoms with Crippen molar-refractivity contribution in [2.75, 3.05) is 23.7 Å². The summed E-state index contributed by atoms with van der Waals surface area (Å²) in [4.78, 5) is 27.6. The van der Waals surface area contributed by atoms with E-state index in [0.717, 1.165) is 21.7 Å². The van der Waals surface area contributed by atoms with Crippen molar-refractivity contribution in [3.8, 4) is 0 Å². The maximum atomic E-state index is 13.5. The van der Waals surface area contributed by atoms with Crippen molar-refractivity contribution in [3.05, 3.63) is 64.7 Å². The first kappa shape index (κ1) is 25.7. The van der Waals surface area contributed by atoms with Gasteiger partial charge in [0, 0.05) is 18.1 Å². The highest BCUT2D eigenvalue weighted by Gasteiger charge is 2.31. The van der Waals surface area contributed by atoms with Crippen LogP contribution in [0.1, 0.15) is 31.4 Å².